The molecule has 0 aromatic heterocycles. The van der Waals surface area contributed by atoms with E-state index >= 15 is 0 Å². The summed E-state index contributed by atoms with van der Waals surface area (Å²) in [5.74, 6) is -2.17. The van der Waals surface area contributed by atoms with Gasteiger partial charge in [-0.1, -0.05) is 48.6 Å². The molecule has 0 heterocycles. The van der Waals surface area contributed by atoms with E-state index in [-0.39, 0.29) is 31.3 Å². The van der Waals surface area contributed by atoms with Crippen LogP contribution in [-0.4, -0.2) is 34.2 Å². The molecule has 0 bridgehead atoms. The van der Waals surface area contributed by atoms with E-state index in [1.165, 1.54) is 0 Å². The SMILES string of the molecule is NC(C(=O)O)C1C=CC=C1.NC(C(=O)O)C1C=CC=C1.[Zn]. The molecule has 0 aliphatic heterocycles. The molecular weight excluding hydrogens is 326 g/mol. The van der Waals surface area contributed by atoms with Crippen molar-refractivity contribution in [3.05, 3.63) is 48.6 Å². The number of carboxylic acids is 2. The van der Waals surface area contributed by atoms with E-state index in [1.54, 1.807) is 48.6 Å². The quantitative estimate of drug-likeness (QED) is 0.543. The molecule has 0 aromatic rings. The predicted molar refractivity (Wildman–Crippen MR) is 74.8 cm³/mol. The van der Waals surface area contributed by atoms with E-state index in [0.717, 1.165) is 0 Å². The summed E-state index contributed by atoms with van der Waals surface area (Å²) >= 11 is 0. The summed E-state index contributed by atoms with van der Waals surface area (Å²) < 4.78 is 0. The standard InChI is InChI=1S/2C7H9NO2.Zn/c2*8-6(7(9)10)5-3-1-2-4-5;/h2*1-6H,8H2,(H,9,10);. The molecule has 2 rings (SSSR count). The molecule has 0 aromatic carbocycles. The Morgan fingerprint density at radius 1 is 0.762 bits per heavy atom. The van der Waals surface area contributed by atoms with Crippen LogP contribution in [0.3, 0.4) is 0 Å². The van der Waals surface area contributed by atoms with Gasteiger partial charge in [0.25, 0.3) is 0 Å². The number of carboxylic acid groups (broad SMARTS) is 2. The molecular formula is C14H18N2O4Zn. The summed E-state index contributed by atoms with van der Waals surface area (Å²) in [6.07, 6.45) is 14.3. The number of carbonyl (C=O) groups is 2. The van der Waals surface area contributed by atoms with Crippen molar-refractivity contribution in [3.8, 4) is 0 Å². The fraction of sp³-hybridized carbons (Fsp3) is 0.286. The molecule has 0 fully saturated rings. The summed E-state index contributed by atoms with van der Waals surface area (Å²) in [5.41, 5.74) is 10.6. The van der Waals surface area contributed by atoms with E-state index < -0.39 is 24.0 Å². The summed E-state index contributed by atoms with van der Waals surface area (Å²) in [5, 5.41) is 16.9. The number of rotatable bonds is 4. The molecule has 7 heteroatoms. The topological polar surface area (TPSA) is 127 Å². The van der Waals surface area contributed by atoms with Crippen LogP contribution in [0.1, 0.15) is 0 Å². The van der Waals surface area contributed by atoms with Crippen LogP contribution >= 0.6 is 0 Å². The summed E-state index contributed by atoms with van der Waals surface area (Å²) in [7, 11) is 0. The second kappa shape index (κ2) is 9.39. The molecule has 0 saturated carbocycles. The van der Waals surface area contributed by atoms with Crippen molar-refractivity contribution < 1.29 is 39.3 Å². The van der Waals surface area contributed by atoms with E-state index in [2.05, 4.69) is 0 Å². The van der Waals surface area contributed by atoms with Crippen molar-refractivity contribution >= 4 is 11.9 Å². The molecule has 0 radical (unpaired) electrons. The Morgan fingerprint density at radius 3 is 1.19 bits per heavy atom. The first-order valence-corrected chi connectivity index (χ1v) is 6.10. The molecule has 6 N–H and O–H groups in total. The Bertz CT molecular complexity index is 417. The Morgan fingerprint density at radius 2 is 1.00 bits per heavy atom. The predicted octanol–water partition coefficient (Wildman–Crippen LogP) is 0.279. The van der Waals surface area contributed by atoms with Gasteiger partial charge in [0.1, 0.15) is 12.1 Å². The molecule has 21 heavy (non-hydrogen) atoms. The van der Waals surface area contributed by atoms with Crippen LogP contribution in [0.15, 0.2) is 48.6 Å². The third kappa shape index (κ3) is 6.16. The van der Waals surface area contributed by atoms with Gasteiger partial charge in [-0.15, -0.1) is 0 Å². The summed E-state index contributed by atoms with van der Waals surface area (Å²) in [6, 6.07) is -1.59. The maximum Gasteiger partial charge on any atom is 0.321 e. The molecule has 0 saturated heterocycles. The smallest absolute Gasteiger partial charge is 0.321 e. The van der Waals surface area contributed by atoms with Crippen molar-refractivity contribution in [2.45, 2.75) is 12.1 Å². The largest absolute Gasteiger partial charge is 0.480 e. The van der Waals surface area contributed by atoms with Gasteiger partial charge in [-0.3, -0.25) is 9.59 Å². The minimum Gasteiger partial charge on any atom is -0.480 e. The van der Waals surface area contributed by atoms with Crippen molar-refractivity contribution in [2.24, 2.45) is 23.3 Å². The minimum absolute atomic E-state index is 0. The normalized spacial score (nSPS) is 18.8. The summed E-state index contributed by atoms with van der Waals surface area (Å²) in [6.45, 7) is 0. The van der Waals surface area contributed by atoms with Crippen molar-refractivity contribution in [1.29, 1.82) is 0 Å². The Hall–Kier alpha value is -1.56. The Labute approximate surface area is 135 Å². The van der Waals surface area contributed by atoms with Crippen LogP contribution in [0.25, 0.3) is 0 Å². The number of hydrogen-bond acceptors (Lipinski definition) is 4. The molecule has 2 aliphatic carbocycles. The average molecular weight is 344 g/mol. The number of hydrogen-bond donors (Lipinski definition) is 4. The third-order valence-electron chi connectivity index (χ3n) is 2.96. The van der Waals surface area contributed by atoms with Crippen molar-refractivity contribution in [1.82, 2.24) is 0 Å². The van der Waals surface area contributed by atoms with Gasteiger partial charge in [0, 0.05) is 31.3 Å². The Kier molecular flexibility index (Phi) is 8.70. The molecule has 2 aliphatic rings. The zero-order chi connectivity index (χ0) is 15.1. The molecule has 2 atom stereocenters. The van der Waals surface area contributed by atoms with Gasteiger partial charge in [0.05, 0.1) is 0 Å². The minimum atomic E-state index is -0.957. The van der Waals surface area contributed by atoms with Crippen LogP contribution in [0.4, 0.5) is 0 Å². The number of allylic oxidation sites excluding steroid dienone is 4. The van der Waals surface area contributed by atoms with Gasteiger partial charge in [0.15, 0.2) is 0 Å². The first-order valence-electron chi connectivity index (χ1n) is 6.10. The van der Waals surface area contributed by atoms with Gasteiger partial charge >= 0.3 is 11.9 Å². The van der Waals surface area contributed by atoms with Crippen LogP contribution < -0.4 is 11.5 Å². The second-order valence-electron chi connectivity index (χ2n) is 4.42. The molecule has 0 spiro atoms. The van der Waals surface area contributed by atoms with Gasteiger partial charge < -0.3 is 21.7 Å². The average Bonchev–Trinajstić information content (AvgIpc) is 3.10. The van der Waals surface area contributed by atoms with Crippen LogP contribution in [0.2, 0.25) is 0 Å². The second-order valence-corrected chi connectivity index (χ2v) is 4.42. The van der Waals surface area contributed by atoms with E-state index in [0.29, 0.717) is 0 Å². The monoisotopic (exact) mass is 342 g/mol. The molecule has 110 valence electrons. The van der Waals surface area contributed by atoms with Crippen LogP contribution in [0, 0.1) is 11.8 Å². The molecule has 0 amide bonds. The zero-order valence-electron chi connectivity index (χ0n) is 11.5. The van der Waals surface area contributed by atoms with E-state index in [9.17, 15) is 9.59 Å². The van der Waals surface area contributed by atoms with Gasteiger partial charge in [0.2, 0.25) is 0 Å². The number of aliphatic carboxylic acids is 2. The first-order chi connectivity index (χ1) is 9.43. The van der Waals surface area contributed by atoms with E-state index in [4.69, 9.17) is 21.7 Å². The van der Waals surface area contributed by atoms with Gasteiger partial charge in [-0.2, -0.15) is 0 Å². The number of nitrogens with two attached hydrogens (primary N) is 2. The van der Waals surface area contributed by atoms with Crippen LogP contribution in [0.5, 0.6) is 0 Å². The Balaban J connectivity index is 0.000000364. The summed E-state index contributed by atoms with van der Waals surface area (Å²) in [4.78, 5) is 20.6. The third-order valence-corrected chi connectivity index (χ3v) is 2.96. The fourth-order valence-electron chi connectivity index (χ4n) is 1.71. The maximum absolute atomic E-state index is 10.3. The zero-order valence-corrected chi connectivity index (χ0v) is 14.5. The van der Waals surface area contributed by atoms with Crippen LogP contribution in [-0.2, 0) is 29.1 Å². The van der Waals surface area contributed by atoms with Crippen molar-refractivity contribution in [2.75, 3.05) is 0 Å². The molecule has 2 unspecified atom stereocenters. The van der Waals surface area contributed by atoms with E-state index in [1.807, 2.05) is 0 Å². The van der Waals surface area contributed by atoms with Crippen molar-refractivity contribution in [3.63, 3.8) is 0 Å². The van der Waals surface area contributed by atoms with Gasteiger partial charge in [-0.05, 0) is 0 Å². The maximum atomic E-state index is 10.3. The fourth-order valence-corrected chi connectivity index (χ4v) is 1.71. The first kappa shape index (κ1) is 19.4. The van der Waals surface area contributed by atoms with Gasteiger partial charge in [-0.25, -0.2) is 0 Å². The molecule has 6 nitrogen and oxygen atoms in total.